The summed E-state index contributed by atoms with van der Waals surface area (Å²) < 4.78 is 29.7. The van der Waals surface area contributed by atoms with Gasteiger partial charge in [0, 0.05) is 24.5 Å². The van der Waals surface area contributed by atoms with E-state index >= 15 is 0 Å². The molecule has 1 aliphatic carbocycles. The molecule has 4 atom stereocenters. The number of carbonyl (C=O) groups excluding carboxylic acids is 1. The normalized spacial score (nSPS) is 29.1. The van der Waals surface area contributed by atoms with Crippen molar-refractivity contribution in [1.82, 2.24) is 9.62 Å². The molecular formula is C27H31N3O3S. The van der Waals surface area contributed by atoms with Crippen LogP contribution in [0.4, 0.5) is 0 Å². The minimum Gasteiger partial charge on any atom is -0.337 e. The van der Waals surface area contributed by atoms with E-state index in [1.807, 2.05) is 24.3 Å². The van der Waals surface area contributed by atoms with E-state index in [2.05, 4.69) is 21.8 Å². The van der Waals surface area contributed by atoms with Crippen molar-refractivity contribution < 1.29 is 13.2 Å². The molecule has 0 unspecified atom stereocenters. The van der Waals surface area contributed by atoms with Crippen LogP contribution in [0.1, 0.15) is 56.1 Å². The summed E-state index contributed by atoms with van der Waals surface area (Å²) in [4.78, 5) is 15.3. The largest absolute Gasteiger partial charge is 0.337 e. The summed E-state index contributed by atoms with van der Waals surface area (Å²) in [5.41, 5.74) is 1.50. The molecule has 1 spiro atoms. The Kier molecular flexibility index (Phi) is 6.22. The van der Waals surface area contributed by atoms with Gasteiger partial charge in [-0.3, -0.25) is 4.79 Å². The average Bonchev–Trinajstić information content (AvgIpc) is 3.22. The van der Waals surface area contributed by atoms with Crippen LogP contribution in [0.15, 0.2) is 59.5 Å². The molecule has 0 aromatic heterocycles. The van der Waals surface area contributed by atoms with Gasteiger partial charge in [0.15, 0.2) is 0 Å². The van der Waals surface area contributed by atoms with Crippen molar-refractivity contribution in [1.29, 1.82) is 5.26 Å². The van der Waals surface area contributed by atoms with Gasteiger partial charge in [0.25, 0.3) is 0 Å². The molecule has 3 fully saturated rings. The van der Waals surface area contributed by atoms with Gasteiger partial charge in [0.05, 0.1) is 16.5 Å². The van der Waals surface area contributed by atoms with E-state index in [0.29, 0.717) is 18.4 Å². The van der Waals surface area contributed by atoms with Crippen molar-refractivity contribution in [2.24, 2.45) is 11.8 Å². The van der Waals surface area contributed by atoms with Gasteiger partial charge in [-0.15, -0.1) is 0 Å². The molecular weight excluding hydrogens is 446 g/mol. The lowest BCUT2D eigenvalue weighted by molar-refractivity contribution is -0.138. The summed E-state index contributed by atoms with van der Waals surface area (Å²) >= 11 is 0. The van der Waals surface area contributed by atoms with Crippen LogP contribution in [0.25, 0.3) is 0 Å². The van der Waals surface area contributed by atoms with Gasteiger partial charge in [-0.05, 0) is 86.6 Å². The highest BCUT2D eigenvalue weighted by molar-refractivity contribution is 7.89. The molecule has 1 amide bonds. The highest BCUT2D eigenvalue weighted by Gasteiger charge is 2.56. The summed E-state index contributed by atoms with van der Waals surface area (Å²) in [6.07, 6.45) is 6.80. The molecule has 178 valence electrons. The third kappa shape index (κ3) is 4.14. The molecule has 2 heterocycles. The molecule has 5 rings (SSSR count). The van der Waals surface area contributed by atoms with Crippen molar-refractivity contribution in [2.45, 2.75) is 67.8 Å². The zero-order valence-corrected chi connectivity index (χ0v) is 20.1. The fourth-order valence-electron chi connectivity index (χ4n) is 6.79. The van der Waals surface area contributed by atoms with Gasteiger partial charge in [-0.1, -0.05) is 30.3 Å². The molecule has 2 aromatic rings. The van der Waals surface area contributed by atoms with Gasteiger partial charge in [-0.25, -0.2) is 13.1 Å². The van der Waals surface area contributed by atoms with E-state index in [0.717, 1.165) is 45.1 Å². The quantitative estimate of drug-likeness (QED) is 0.704. The summed E-state index contributed by atoms with van der Waals surface area (Å²) in [6.45, 7) is 0.828. The molecule has 1 N–H and O–H groups in total. The lowest BCUT2D eigenvalue weighted by atomic mass is 9.61. The number of hydrogen-bond donors (Lipinski definition) is 1. The van der Waals surface area contributed by atoms with Crippen molar-refractivity contribution in [3.8, 4) is 6.07 Å². The zero-order chi connectivity index (χ0) is 23.8. The van der Waals surface area contributed by atoms with E-state index in [1.165, 1.54) is 17.7 Å². The second kappa shape index (κ2) is 9.16. The fourth-order valence-corrected chi connectivity index (χ4v) is 8.11. The molecule has 2 aliphatic heterocycles. The topological polar surface area (TPSA) is 90.3 Å². The van der Waals surface area contributed by atoms with Crippen LogP contribution in [-0.4, -0.2) is 37.4 Å². The van der Waals surface area contributed by atoms with Crippen molar-refractivity contribution in [2.75, 3.05) is 6.54 Å². The highest BCUT2D eigenvalue weighted by Crippen LogP contribution is 2.52. The smallest absolute Gasteiger partial charge is 0.240 e. The number of carbonyl (C=O) groups is 1. The Labute approximate surface area is 202 Å². The Morgan fingerprint density at radius 1 is 1.03 bits per heavy atom. The number of nitrogens with one attached hydrogen (secondary N) is 1. The molecule has 34 heavy (non-hydrogen) atoms. The van der Waals surface area contributed by atoms with Gasteiger partial charge >= 0.3 is 0 Å². The lowest BCUT2D eigenvalue weighted by Crippen LogP contribution is -2.60. The molecule has 6 nitrogen and oxygen atoms in total. The maximum Gasteiger partial charge on any atom is 0.240 e. The van der Waals surface area contributed by atoms with Crippen LogP contribution in [0, 0.1) is 23.2 Å². The van der Waals surface area contributed by atoms with Gasteiger partial charge in [0.1, 0.15) is 0 Å². The Morgan fingerprint density at radius 3 is 2.53 bits per heavy atom. The molecule has 1 saturated carbocycles. The van der Waals surface area contributed by atoms with Crippen LogP contribution in [0.3, 0.4) is 0 Å². The third-order valence-electron chi connectivity index (χ3n) is 8.26. The number of hydrogen-bond acceptors (Lipinski definition) is 4. The average molecular weight is 478 g/mol. The second-order valence-corrected chi connectivity index (χ2v) is 11.7. The standard InChI is InChI=1S/C27H31N3O3S/c28-19-21-10-12-22(13-11-21)34(32,33)29-25-14-16-27-15-5-17-30(27)26(31)9-4-8-24(27)23(25)18-20-6-2-1-3-7-20/h1-3,6-7,10-13,23-25,29H,4-5,8-9,14-18H2/t23-,24+,25+,27-/m1/s1. The Hall–Kier alpha value is -2.69. The first-order chi connectivity index (χ1) is 16.4. The van der Waals surface area contributed by atoms with Crippen molar-refractivity contribution in [3.05, 3.63) is 65.7 Å². The van der Waals surface area contributed by atoms with Crippen LogP contribution in [0.5, 0.6) is 0 Å². The van der Waals surface area contributed by atoms with E-state index < -0.39 is 10.0 Å². The van der Waals surface area contributed by atoms with Crippen LogP contribution < -0.4 is 4.72 Å². The maximum atomic E-state index is 13.3. The summed E-state index contributed by atoms with van der Waals surface area (Å²) in [6, 6.07) is 18.2. The van der Waals surface area contributed by atoms with Crippen LogP contribution in [0.2, 0.25) is 0 Å². The predicted molar refractivity (Wildman–Crippen MR) is 129 cm³/mol. The molecule has 2 saturated heterocycles. The number of nitrogens with zero attached hydrogens (tertiary/aromatic N) is 2. The van der Waals surface area contributed by atoms with E-state index in [1.54, 1.807) is 12.1 Å². The second-order valence-electron chi connectivity index (χ2n) is 10.0. The SMILES string of the molecule is N#Cc1ccc(S(=O)(=O)N[C@H]2CC[C@@]34CCCN3C(=O)CCC[C@H]4[C@H]2Cc2ccccc2)cc1. The monoisotopic (exact) mass is 477 g/mol. The number of amides is 1. The van der Waals surface area contributed by atoms with Gasteiger partial charge in [-0.2, -0.15) is 5.26 Å². The Morgan fingerprint density at radius 2 is 1.79 bits per heavy atom. The fraction of sp³-hybridized carbons (Fsp3) is 0.481. The van der Waals surface area contributed by atoms with E-state index in [9.17, 15) is 13.2 Å². The highest BCUT2D eigenvalue weighted by atomic mass is 32.2. The van der Waals surface area contributed by atoms with Gasteiger partial charge in [0.2, 0.25) is 15.9 Å². The minimum atomic E-state index is -3.73. The Bertz CT molecular complexity index is 1190. The minimum absolute atomic E-state index is 0.107. The lowest BCUT2D eigenvalue weighted by Gasteiger charge is -2.53. The predicted octanol–water partition coefficient (Wildman–Crippen LogP) is 4.02. The van der Waals surface area contributed by atoms with Crippen LogP contribution >= 0.6 is 0 Å². The van der Waals surface area contributed by atoms with E-state index in [4.69, 9.17) is 5.26 Å². The van der Waals surface area contributed by atoms with Gasteiger partial charge < -0.3 is 4.90 Å². The first-order valence-electron chi connectivity index (χ1n) is 12.3. The maximum absolute atomic E-state index is 13.3. The molecule has 2 aromatic carbocycles. The van der Waals surface area contributed by atoms with Crippen molar-refractivity contribution in [3.63, 3.8) is 0 Å². The zero-order valence-electron chi connectivity index (χ0n) is 19.3. The number of nitriles is 1. The molecule has 0 radical (unpaired) electrons. The first kappa shape index (κ1) is 23.1. The molecule has 0 bridgehead atoms. The first-order valence-corrected chi connectivity index (χ1v) is 13.8. The summed E-state index contributed by atoms with van der Waals surface area (Å²) in [7, 11) is -3.73. The molecule has 3 aliphatic rings. The Balaban J connectivity index is 1.49. The summed E-state index contributed by atoms with van der Waals surface area (Å²) in [5.74, 6) is 0.648. The number of benzene rings is 2. The molecule has 7 heteroatoms. The number of rotatable bonds is 5. The van der Waals surface area contributed by atoms with Crippen LogP contribution in [-0.2, 0) is 21.2 Å². The number of sulfonamides is 1. The van der Waals surface area contributed by atoms with E-state index in [-0.39, 0.29) is 34.2 Å². The summed E-state index contributed by atoms with van der Waals surface area (Å²) in [5, 5.41) is 9.05. The third-order valence-corrected chi connectivity index (χ3v) is 9.77. The van der Waals surface area contributed by atoms with Crippen molar-refractivity contribution >= 4 is 15.9 Å².